The quantitative estimate of drug-likeness (QED) is 0.907. The number of benzene rings is 1. The Hall–Kier alpha value is -0.980. The van der Waals surface area contributed by atoms with Crippen LogP contribution in [0.2, 0.25) is 0 Å². The molecule has 0 aliphatic carbocycles. The van der Waals surface area contributed by atoms with Gasteiger partial charge in [-0.05, 0) is 38.7 Å². The lowest BCUT2D eigenvalue weighted by atomic mass is 10.1. The zero-order valence-electron chi connectivity index (χ0n) is 11.5. The molecule has 6 heteroatoms. The topological polar surface area (TPSA) is 43.8 Å². The minimum atomic E-state index is -0.547. The van der Waals surface area contributed by atoms with Crippen LogP contribution in [0, 0.1) is 5.82 Å². The Morgan fingerprint density at radius 3 is 2.85 bits per heavy atom. The molecule has 2 rings (SSSR count). The van der Waals surface area contributed by atoms with Crippen molar-refractivity contribution >= 4 is 21.8 Å². The number of likely N-dealkylation sites (tertiary alicyclic amines) is 1. The molecule has 1 fully saturated rings. The summed E-state index contributed by atoms with van der Waals surface area (Å²) in [6.45, 7) is 0.911. The molecule has 0 bridgehead atoms. The van der Waals surface area contributed by atoms with Crippen LogP contribution in [-0.4, -0.2) is 60.1 Å². The van der Waals surface area contributed by atoms with Crippen molar-refractivity contribution in [3.63, 3.8) is 0 Å². The van der Waals surface area contributed by atoms with E-state index in [4.69, 9.17) is 0 Å². The Balaban J connectivity index is 2.22. The van der Waals surface area contributed by atoms with Crippen LogP contribution in [0.3, 0.4) is 0 Å². The zero-order valence-corrected chi connectivity index (χ0v) is 13.1. The first kappa shape index (κ1) is 15.4. The van der Waals surface area contributed by atoms with Gasteiger partial charge in [-0.3, -0.25) is 4.79 Å². The highest BCUT2D eigenvalue weighted by atomic mass is 79.9. The molecule has 1 saturated heterocycles. The van der Waals surface area contributed by atoms with Crippen molar-refractivity contribution < 1.29 is 14.3 Å². The predicted molar refractivity (Wildman–Crippen MR) is 78.1 cm³/mol. The second-order valence-corrected chi connectivity index (χ2v) is 6.30. The van der Waals surface area contributed by atoms with E-state index >= 15 is 0 Å². The van der Waals surface area contributed by atoms with Gasteiger partial charge in [0.2, 0.25) is 0 Å². The molecule has 1 amide bonds. The molecule has 110 valence electrons. The minimum Gasteiger partial charge on any atom is -0.391 e. The maximum atomic E-state index is 13.9. The van der Waals surface area contributed by atoms with Gasteiger partial charge < -0.3 is 14.9 Å². The third kappa shape index (κ3) is 3.37. The normalized spacial score (nSPS) is 22.6. The summed E-state index contributed by atoms with van der Waals surface area (Å²) in [7, 11) is 3.82. The SMILES string of the molecule is CN(C)CC1CC(O)CN1C(=O)c1ccc(Br)cc1F. The number of halogens is 2. The first-order chi connectivity index (χ1) is 9.38. The maximum Gasteiger partial charge on any atom is 0.257 e. The minimum absolute atomic E-state index is 0.0473. The third-order valence-corrected chi connectivity index (χ3v) is 3.88. The van der Waals surface area contributed by atoms with Gasteiger partial charge in [0, 0.05) is 23.6 Å². The molecule has 0 spiro atoms. The number of likely N-dealkylation sites (N-methyl/N-ethyl adjacent to an activating group) is 1. The number of hydrogen-bond acceptors (Lipinski definition) is 3. The Morgan fingerprint density at radius 1 is 1.55 bits per heavy atom. The molecule has 1 heterocycles. The molecule has 0 radical (unpaired) electrons. The molecule has 0 saturated carbocycles. The Labute approximate surface area is 126 Å². The summed E-state index contributed by atoms with van der Waals surface area (Å²) in [6, 6.07) is 4.31. The lowest BCUT2D eigenvalue weighted by molar-refractivity contribution is 0.0694. The maximum absolute atomic E-state index is 13.9. The number of nitrogens with zero attached hydrogens (tertiary/aromatic N) is 2. The molecule has 4 nitrogen and oxygen atoms in total. The molecule has 1 N–H and O–H groups in total. The third-order valence-electron chi connectivity index (χ3n) is 3.39. The molecule has 0 aromatic heterocycles. The Bertz CT molecular complexity index is 510. The highest BCUT2D eigenvalue weighted by Crippen LogP contribution is 2.23. The van der Waals surface area contributed by atoms with Crippen LogP contribution in [-0.2, 0) is 0 Å². The van der Waals surface area contributed by atoms with Gasteiger partial charge in [-0.2, -0.15) is 0 Å². The second-order valence-electron chi connectivity index (χ2n) is 5.39. The first-order valence-corrected chi connectivity index (χ1v) is 7.26. The van der Waals surface area contributed by atoms with E-state index in [1.807, 2.05) is 19.0 Å². The van der Waals surface area contributed by atoms with E-state index in [2.05, 4.69) is 15.9 Å². The number of hydrogen-bond donors (Lipinski definition) is 1. The number of carbonyl (C=O) groups is 1. The standard InChI is InChI=1S/C14H18BrFN2O2/c1-17(2)7-10-6-11(19)8-18(10)14(20)12-4-3-9(15)5-13(12)16/h3-5,10-11,19H,6-8H2,1-2H3. The van der Waals surface area contributed by atoms with Crippen LogP contribution in [0.25, 0.3) is 0 Å². The van der Waals surface area contributed by atoms with E-state index in [0.717, 1.165) is 0 Å². The molecule has 1 aliphatic rings. The van der Waals surface area contributed by atoms with E-state index in [1.165, 1.54) is 12.1 Å². The average molecular weight is 345 g/mol. The van der Waals surface area contributed by atoms with Crippen LogP contribution in [0.1, 0.15) is 16.8 Å². The number of amides is 1. The van der Waals surface area contributed by atoms with Crippen molar-refractivity contribution in [1.82, 2.24) is 9.80 Å². The van der Waals surface area contributed by atoms with E-state index in [-0.39, 0.29) is 24.1 Å². The van der Waals surface area contributed by atoms with Crippen LogP contribution in [0.4, 0.5) is 4.39 Å². The lowest BCUT2D eigenvalue weighted by Gasteiger charge is -2.27. The molecular weight excluding hydrogens is 327 g/mol. The fourth-order valence-electron chi connectivity index (χ4n) is 2.55. The lowest BCUT2D eigenvalue weighted by Crippen LogP contribution is -2.41. The van der Waals surface area contributed by atoms with Crippen molar-refractivity contribution in [2.75, 3.05) is 27.2 Å². The highest BCUT2D eigenvalue weighted by Gasteiger charge is 2.35. The average Bonchev–Trinajstić information content (AvgIpc) is 2.68. The van der Waals surface area contributed by atoms with E-state index in [0.29, 0.717) is 17.4 Å². The molecule has 2 unspecified atom stereocenters. The number of aliphatic hydroxyl groups is 1. The summed E-state index contributed by atoms with van der Waals surface area (Å²) < 4.78 is 14.5. The molecule has 1 aromatic carbocycles. The fraction of sp³-hybridized carbons (Fsp3) is 0.500. The van der Waals surface area contributed by atoms with Gasteiger partial charge in [0.1, 0.15) is 5.82 Å². The number of β-amino-alcohol motifs (C(OH)–C–C–N with tert-alkyl or cyclic N) is 1. The van der Waals surface area contributed by atoms with E-state index < -0.39 is 11.9 Å². The number of aliphatic hydroxyl groups excluding tert-OH is 1. The molecule has 1 aromatic rings. The number of carbonyl (C=O) groups excluding carboxylic acids is 1. The summed E-state index contributed by atoms with van der Waals surface area (Å²) in [5.41, 5.74) is 0.0473. The van der Waals surface area contributed by atoms with Gasteiger partial charge in [0.05, 0.1) is 11.7 Å². The van der Waals surface area contributed by atoms with Crippen LogP contribution < -0.4 is 0 Å². The number of rotatable bonds is 3. The largest absolute Gasteiger partial charge is 0.391 e. The summed E-state index contributed by atoms with van der Waals surface area (Å²) in [5, 5.41) is 9.78. The summed E-state index contributed by atoms with van der Waals surface area (Å²) >= 11 is 3.17. The second kappa shape index (κ2) is 6.20. The summed E-state index contributed by atoms with van der Waals surface area (Å²) in [6.07, 6.45) is -0.00961. The van der Waals surface area contributed by atoms with Gasteiger partial charge in [0.25, 0.3) is 5.91 Å². The molecule has 1 aliphatic heterocycles. The summed E-state index contributed by atoms with van der Waals surface area (Å²) in [5.74, 6) is -0.909. The Morgan fingerprint density at radius 2 is 2.25 bits per heavy atom. The fourth-order valence-corrected chi connectivity index (χ4v) is 2.89. The van der Waals surface area contributed by atoms with Gasteiger partial charge in [0.15, 0.2) is 0 Å². The Kier molecular flexibility index (Phi) is 4.78. The van der Waals surface area contributed by atoms with Crippen molar-refractivity contribution in [3.05, 3.63) is 34.1 Å². The van der Waals surface area contributed by atoms with Crippen molar-refractivity contribution in [3.8, 4) is 0 Å². The van der Waals surface area contributed by atoms with Gasteiger partial charge in [-0.25, -0.2) is 4.39 Å². The highest BCUT2D eigenvalue weighted by molar-refractivity contribution is 9.10. The van der Waals surface area contributed by atoms with Crippen molar-refractivity contribution in [2.45, 2.75) is 18.6 Å². The zero-order chi connectivity index (χ0) is 14.9. The molecule has 20 heavy (non-hydrogen) atoms. The predicted octanol–water partition coefficient (Wildman–Crippen LogP) is 1.73. The van der Waals surface area contributed by atoms with Gasteiger partial charge >= 0.3 is 0 Å². The van der Waals surface area contributed by atoms with E-state index in [1.54, 1.807) is 11.0 Å². The van der Waals surface area contributed by atoms with Gasteiger partial charge in [-0.15, -0.1) is 0 Å². The van der Waals surface area contributed by atoms with Crippen LogP contribution in [0.5, 0.6) is 0 Å². The van der Waals surface area contributed by atoms with Crippen molar-refractivity contribution in [1.29, 1.82) is 0 Å². The monoisotopic (exact) mass is 344 g/mol. The summed E-state index contributed by atoms with van der Waals surface area (Å²) in [4.78, 5) is 16.0. The van der Waals surface area contributed by atoms with Crippen molar-refractivity contribution in [2.24, 2.45) is 0 Å². The van der Waals surface area contributed by atoms with Gasteiger partial charge in [-0.1, -0.05) is 15.9 Å². The van der Waals surface area contributed by atoms with E-state index in [9.17, 15) is 14.3 Å². The smallest absolute Gasteiger partial charge is 0.257 e. The molecular formula is C14H18BrFN2O2. The van der Waals surface area contributed by atoms with Crippen LogP contribution in [0.15, 0.2) is 22.7 Å². The molecule has 2 atom stereocenters. The van der Waals surface area contributed by atoms with Crippen LogP contribution >= 0.6 is 15.9 Å². The first-order valence-electron chi connectivity index (χ1n) is 6.47.